The monoisotopic (exact) mass is 205 g/mol. The Labute approximate surface area is 89.6 Å². The molecule has 0 saturated carbocycles. The Balaban J connectivity index is 0.000000461. The third kappa shape index (κ3) is 2.26. The number of hydrogen-bond acceptors (Lipinski definition) is 2. The van der Waals surface area contributed by atoms with Crippen LogP contribution in [-0.4, -0.2) is 11.2 Å². The topological polar surface area (TPSA) is 12.9 Å². The molecule has 14 heavy (non-hydrogen) atoms. The molecule has 0 unspecified atom stereocenters. The molecule has 74 valence electrons. The number of rotatable bonds is 1. The molecule has 2 aromatic rings. The van der Waals surface area contributed by atoms with Crippen LogP contribution in [0.4, 0.5) is 0 Å². The van der Waals surface area contributed by atoms with Gasteiger partial charge in [-0.15, -0.1) is 11.8 Å². The first-order chi connectivity index (χ1) is 6.92. The van der Waals surface area contributed by atoms with Crippen LogP contribution >= 0.6 is 11.8 Å². The predicted molar refractivity (Wildman–Crippen MR) is 64.9 cm³/mol. The molecule has 0 saturated heterocycles. The van der Waals surface area contributed by atoms with E-state index < -0.39 is 0 Å². The summed E-state index contributed by atoms with van der Waals surface area (Å²) in [5, 5.41) is 1.24. The van der Waals surface area contributed by atoms with Gasteiger partial charge in [-0.05, 0) is 24.5 Å². The van der Waals surface area contributed by atoms with Crippen LogP contribution in [0, 0.1) is 0 Å². The summed E-state index contributed by atoms with van der Waals surface area (Å²) in [5.41, 5.74) is 1.07. The lowest BCUT2D eigenvalue weighted by Gasteiger charge is -2.00. The van der Waals surface area contributed by atoms with Crippen LogP contribution in [0.5, 0.6) is 0 Å². The number of hydrogen-bond donors (Lipinski definition) is 0. The lowest BCUT2D eigenvalue weighted by Crippen LogP contribution is -1.78. The van der Waals surface area contributed by atoms with Crippen molar-refractivity contribution < 1.29 is 0 Å². The quantitative estimate of drug-likeness (QED) is 0.653. The summed E-state index contributed by atoms with van der Waals surface area (Å²) < 4.78 is 0. The summed E-state index contributed by atoms with van der Waals surface area (Å²) in [4.78, 5) is 5.57. The highest BCUT2D eigenvalue weighted by Gasteiger charge is 1.97. The highest BCUT2D eigenvalue weighted by Crippen LogP contribution is 2.24. The molecule has 2 heteroatoms. The number of fused-ring (bicyclic) bond motifs is 1. The Morgan fingerprint density at radius 1 is 1.07 bits per heavy atom. The normalized spacial score (nSPS) is 9.36. The Bertz CT molecular complexity index is 393. The Morgan fingerprint density at radius 3 is 2.57 bits per heavy atom. The maximum Gasteiger partial charge on any atom is 0.0713 e. The minimum Gasteiger partial charge on any atom is -0.256 e. The number of pyridine rings is 1. The van der Waals surface area contributed by atoms with E-state index in [-0.39, 0.29) is 0 Å². The molecule has 0 fully saturated rings. The summed E-state index contributed by atoms with van der Waals surface area (Å²) >= 11 is 1.76. The van der Waals surface area contributed by atoms with Crippen molar-refractivity contribution in [2.24, 2.45) is 0 Å². The van der Waals surface area contributed by atoms with Gasteiger partial charge in [-0.25, -0.2) is 0 Å². The highest BCUT2D eigenvalue weighted by atomic mass is 32.2. The Morgan fingerprint density at radius 2 is 1.86 bits per heavy atom. The van der Waals surface area contributed by atoms with Gasteiger partial charge in [0, 0.05) is 16.5 Å². The van der Waals surface area contributed by atoms with Crippen molar-refractivity contribution >= 4 is 22.7 Å². The third-order valence-corrected chi connectivity index (χ3v) is 2.62. The van der Waals surface area contributed by atoms with E-state index in [1.807, 2.05) is 38.2 Å². The average molecular weight is 205 g/mol. The second kappa shape index (κ2) is 5.66. The minimum atomic E-state index is 1.07. The molecule has 1 aromatic carbocycles. The van der Waals surface area contributed by atoms with Crippen LogP contribution in [-0.2, 0) is 0 Å². The summed E-state index contributed by atoms with van der Waals surface area (Å²) in [5.74, 6) is 0. The summed E-state index contributed by atoms with van der Waals surface area (Å²) in [7, 11) is 0. The van der Waals surface area contributed by atoms with Crippen LogP contribution < -0.4 is 0 Å². The lowest BCUT2D eigenvalue weighted by molar-refractivity contribution is 1.39. The first kappa shape index (κ1) is 11.1. The third-order valence-electron chi connectivity index (χ3n) is 1.83. The predicted octanol–water partition coefficient (Wildman–Crippen LogP) is 3.98. The largest absolute Gasteiger partial charge is 0.256 e. The Hall–Kier alpha value is -1.02. The second-order valence-electron chi connectivity index (χ2n) is 2.53. The zero-order valence-corrected chi connectivity index (χ0v) is 9.64. The van der Waals surface area contributed by atoms with Crippen molar-refractivity contribution in [1.29, 1.82) is 0 Å². The van der Waals surface area contributed by atoms with Gasteiger partial charge in [0.1, 0.15) is 0 Å². The van der Waals surface area contributed by atoms with Gasteiger partial charge in [0.15, 0.2) is 0 Å². The molecule has 0 amide bonds. The highest BCUT2D eigenvalue weighted by molar-refractivity contribution is 7.98. The van der Waals surface area contributed by atoms with Gasteiger partial charge >= 0.3 is 0 Å². The van der Waals surface area contributed by atoms with E-state index in [1.165, 1.54) is 10.3 Å². The molecule has 1 heterocycles. The molecule has 0 bridgehead atoms. The van der Waals surface area contributed by atoms with Gasteiger partial charge in [0.2, 0.25) is 0 Å². The van der Waals surface area contributed by atoms with Gasteiger partial charge in [-0.1, -0.05) is 26.0 Å². The fraction of sp³-hybridized carbons (Fsp3) is 0.250. The van der Waals surface area contributed by atoms with Crippen LogP contribution in [0.2, 0.25) is 0 Å². The van der Waals surface area contributed by atoms with Crippen molar-refractivity contribution in [1.82, 2.24) is 4.98 Å². The van der Waals surface area contributed by atoms with E-state index in [1.54, 1.807) is 11.8 Å². The average Bonchev–Trinajstić information content (AvgIpc) is 2.31. The molecule has 0 atom stereocenters. The fourth-order valence-electron chi connectivity index (χ4n) is 1.25. The van der Waals surface area contributed by atoms with Crippen molar-refractivity contribution in [2.75, 3.05) is 6.26 Å². The summed E-state index contributed by atoms with van der Waals surface area (Å²) in [6, 6.07) is 10.3. The first-order valence-corrected chi connectivity index (χ1v) is 6.02. The zero-order chi connectivity index (χ0) is 10.4. The Kier molecular flexibility index (Phi) is 4.47. The maximum absolute atomic E-state index is 4.28. The molecule has 0 aliphatic heterocycles. The van der Waals surface area contributed by atoms with E-state index in [2.05, 4.69) is 23.4 Å². The molecule has 0 aliphatic carbocycles. The van der Waals surface area contributed by atoms with Crippen LogP contribution in [0.3, 0.4) is 0 Å². The van der Waals surface area contributed by atoms with Crippen LogP contribution in [0.15, 0.2) is 41.4 Å². The molecular weight excluding hydrogens is 190 g/mol. The van der Waals surface area contributed by atoms with Crippen molar-refractivity contribution in [2.45, 2.75) is 18.7 Å². The fourth-order valence-corrected chi connectivity index (χ4v) is 1.86. The van der Waals surface area contributed by atoms with Crippen molar-refractivity contribution in [3.05, 3.63) is 36.5 Å². The molecular formula is C12H15NS. The number of benzene rings is 1. The first-order valence-electron chi connectivity index (χ1n) is 4.79. The molecule has 0 N–H and O–H groups in total. The van der Waals surface area contributed by atoms with E-state index >= 15 is 0 Å². The van der Waals surface area contributed by atoms with Crippen molar-refractivity contribution in [3.63, 3.8) is 0 Å². The SMILES string of the molecule is CC.CSc1cccc2ncccc12. The van der Waals surface area contributed by atoms with E-state index in [0.717, 1.165) is 5.52 Å². The van der Waals surface area contributed by atoms with Crippen molar-refractivity contribution in [3.8, 4) is 0 Å². The molecule has 0 radical (unpaired) electrons. The van der Waals surface area contributed by atoms with Gasteiger partial charge in [-0.2, -0.15) is 0 Å². The smallest absolute Gasteiger partial charge is 0.0713 e. The number of aromatic nitrogens is 1. The molecule has 0 aliphatic rings. The zero-order valence-electron chi connectivity index (χ0n) is 8.82. The van der Waals surface area contributed by atoms with E-state index in [0.29, 0.717) is 0 Å². The minimum absolute atomic E-state index is 1.07. The summed E-state index contributed by atoms with van der Waals surface area (Å²) in [6.45, 7) is 4.00. The van der Waals surface area contributed by atoms with Crippen LogP contribution in [0.1, 0.15) is 13.8 Å². The van der Waals surface area contributed by atoms with Gasteiger partial charge in [0.05, 0.1) is 5.52 Å². The van der Waals surface area contributed by atoms with Crippen LogP contribution in [0.25, 0.3) is 10.9 Å². The number of thioether (sulfide) groups is 1. The number of nitrogens with zero attached hydrogens (tertiary/aromatic N) is 1. The van der Waals surface area contributed by atoms with Gasteiger partial charge < -0.3 is 0 Å². The molecule has 0 spiro atoms. The molecule has 1 nitrogen and oxygen atoms in total. The van der Waals surface area contributed by atoms with Gasteiger partial charge in [-0.3, -0.25) is 4.98 Å². The maximum atomic E-state index is 4.28. The lowest BCUT2D eigenvalue weighted by atomic mass is 10.2. The standard InChI is InChI=1S/C10H9NS.C2H6/c1-12-10-6-2-5-9-8(10)4-3-7-11-9;1-2/h2-7H,1H3;1-2H3. The van der Waals surface area contributed by atoms with Gasteiger partial charge in [0.25, 0.3) is 0 Å². The second-order valence-corrected chi connectivity index (χ2v) is 3.38. The molecule has 2 rings (SSSR count). The molecule has 1 aromatic heterocycles. The summed E-state index contributed by atoms with van der Waals surface area (Å²) in [6.07, 6.45) is 3.91. The van der Waals surface area contributed by atoms with E-state index in [9.17, 15) is 0 Å². The van der Waals surface area contributed by atoms with E-state index in [4.69, 9.17) is 0 Å².